The fourth-order valence-electron chi connectivity index (χ4n) is 2.33. The summed E-state index contributed by atoms with van der Waals surface area (Å²) in [7, 11) is 0. The van der Waals surface area contributed by atoms with E-state index in [1.807, 2.05) is 0 Å². The molecule has 3 N–H and O–H groups in total. The molecule has 0 spiro atoms. The van der Waals surface area contributed by atoms with Crippen LogP contribution in [0.3, 0.4) is 0 Å². The molecule has 0 radical (unpaired) electrons. The van der Waals surface area contributed by atoms with Gasteiger partial charge in [0.2, 0.25) is 5.91 Å². The van der Waals surface area contributed by atoms with E-state index in [0.717, 1.165) is 28.4 Å². The SMILES string of the molecule is Cc1c(C(N)=O)sc(NC(=O)C(C)n2cc([N+](=O)[O-])cn2)c1C(=O)OC(C)C. The molecular formula is C16H19N5O6S. The molecule has 2 heterocycles. The van der Waals surface area contributed by atoms with Gasteiger partial charge in [0.15, 0.2) is 0 Å². The zero-order chi connectivity index (χ0) is 21.2. The minimum absolute atomic E-state index is 0.0412. The Balaban J connectivity index is 2.34. The van der Waals surface area contributed by atoms with E-state index < -0.39 is 34.9 Å². The fourth-order valence-corrected chi connectivity index (χ4v) is 3.38. The number of primary amides is 1. The van der Waals surface area contributed by atoms with Crippen molar-refractivity contribution in [3.05, 3.63) is 38.5 Å². The number of anilines is 1. The van der Waals surface area contributed by atoms with Crippen LogP contribution in [0.25, 0.3) is 0 Å². The summed E-state index contributed by atoms with van der Waals surface area (Å²) >= 11 is 0.855. The number of carbonyl (C=O) groups is 3. The molecule has 28 heavy (non-hydrogen) atoms. The number of rotatable bonds is 7. The highest BCUT2D eigenvalue weighted by Gasteiger charge is 2.28. The molecule has 0 aliphatic carbocycles. The highest BCUT2D eigenvalue weighted by molar-refractivity contribution is 7.18. The summed E-state index contributed by atoms with van der Waals surface area (Å²) in [6, 6.07) is -0.915. The molecule has 150 valence electrons. The molecule has 1 unspecified atom stereocenters. The van der Waals surface area contributed by atoms with Gasteiger partial charge in [0.05, 0.1) is 21.5 Å². The third-order valence-corrected chi connectivity index (χ3v) is 4.95. The van der Waals surface area contributed by atoms with Gasteiger partial charge in [-0.3, -0.25) is 24.4 Å². The Labute approximate surface area is 163 Å². The van der Waals surface area contributed by atoms with Gasteiger partial charge < -0.3 is 15.8 Å². The van der Waals surface area contributed by atoms with Crippen molar-refractivity contribution in [3.8, 4) is 0 Å². The number of hydrogen-bond donors (Lipinski definition) is 2. The van der Waals surface area contributed by atoms with Crippen molar-refractivity contribution in [1.29, 1.82) is 0 Å². The maximum absolute atomic E-state index is 12.6. The predicted octanol–water partition coefficient (Wildman–Crippen LogP) is 2.03. The standard InChI is InChI=1S/C16H19N5O6S/c1-7(2)27-16(24)11-8(3)12(13(17)22)28-15(11)19-14(23)9(4)20-6-10(5-18-20)21(25)26/h5-7,9H,1-4H3,(H2,17,22)(H,19,23). The number of nitrogens with zero attached hydrogens (tertiary/aromatic N) is 3. The number of nitrogens with one attached hydrogen (secondary N) is 1. The number of carbonyl (C=O) groups excluding carboxylic acids is 3. The quantitative estimate of drug-likeness (QED) is 0.402. The molecule has 0 fully saturated rings. The van der Waals surface area contributed by atoms with Crippen LogP contribution in [0.4, 0.5) is 10.7 Å². The lowest BCUT2D eigenvalue weighted by Crippen LogP contribution is -2.24. The molecule has 2 amide bonds. The second-order valence-corrected chi connectivity index (χ2v) is 7.20. The molecule has 2 rings (SSSR count). The van der Waals surface area contributed by atoms with Crippen molar-refractivity contribution < 1.29 is 24.0 Å². The lowest BCUT2D eigenvalue weighted by molar-refractivity contribution is -0.385. The number of hydrogen-bond acceptors (Lipinski definition) is 8. The second kappa shape index (κ2) is 8.17. The normalized spacial score (nSPS) is 11.9. The summed E-state index contributed by atoms with van der Waals surface area (Å²) in [5.41, 5.74) is 5.43. The summed E-state index contributed by atoms with van der Waals surface area (Å²) in [5.74, 6) is -2.03. The number of nitro groups is 1. The van der Waals surface area contributed by atoms with Gasteiger partial charge in [0, 0.05) is 0 Å². The third kappa shape index (κ3) is 4.34. The average molecular weight is 409 g/mol. The van der Waals surface area contributed by atoms with Gasteiger partial charge in [-0.05, 0) is 33.3 Å². The number of amides is 2. The van der Waals surface area contributed by atoms with Gasteiger partial charge in [-0.1, -0.05) is 0 Å². The molecule has 0 aliphatic heterocycles. The van der Waals surface area contributed by atoms with Crippen LogP contribution in [-0.2, 0) is 9.53 Å². The Morgan fingerprint density at radius 2 is 2.00 bits per heavy atom. The Morgan fingerprint density at radius 1 is 1.36 bits per heavy atom. The van der Waals surface area contributed by atoms with Crippen LogP contribution in [0.1, 0.15) is 52.4 Å². The van der Waals surface area contributed by atoms with Crippen LogP contribution < -0.4 is 11.1 Å². The fraction of sp³-hybridized carbons (Fsp3) is 0.375. The molecule has 1 atom stereocenters. The minimum atomic E-state index is -0.915. The van der Waals surface area contributed by atoms with Crippen LogP contribution in [0, 0.1) is 17.0 Å². The molecule has 11 nitrogen and oxygen atoms in total. The van der Waals surface area contributed by atoms with Crippen molar-refractivity contribution >= 4 is 39.8 Å². The first kappa shape index (κ1) is 21.0. The van der Waals surface area contributed by atoms with E-state index >= 15 is 0 Å². The first-order valence-electron chi connectivity index (χ1n) is 8.16. The summed E-state index contributed by atoms with van der Waals surface area (Å²) in [6.45, 7) is 6.34. The molecule has 12 heteroatoms. The molecule has 0 aromatic carbocycles. The average Bonchev–Trinajstić information content (AvgIpc) is 3.18. The van der Waals surface area contributed by atoms with E-state index in [4.69, 9.17) is 10.5 Å². The summed E-state index contributed by atoms with van der Waals surface area (Å²) in [5, 5.41) is 17.2. The van der Waals surface area contributed by atoms with Gasteiger partial charge in [0.1, 0.15) is 23.4 Å². The highest BCUT2D eigenvalue weighted by Crippen LogP contribution is 2.34. The molecule has 2 aromatic rings. The van der Waals surface area contributed by atoms with Gasteiger partial charge in [0.25, 0.3) is 5.91 Å². The van der Waals surface area contributed by atoms with Crippen LogP contribution in [0.2, 0.25) is 0 Å². The maximum Gasteiger partial charge on any atom is 0.341 e. The first-order chi connectivity index (χ1) is 13.0. The van der Waals surface area contributed by atoms with E-state index in [-0.39, 0.29) is 21.1 Å². The number of ether oxygens (including phenoxy) is 1. The predicted molar refractivity (Wildman–Crippen MR) is 100 cm³/mol. The monoisotopic (exact) mass is 409 g/mol. The molecular weight excluding hydrogens is 390 g/mol. The van der Waals surface area contributed by atoms with Gasteiger partial charge in [-0.15, -0.1) is 11.3 Å². The largest absolute Gasteiger partial charge is 0.459 e. The van der Waals surface area contributed by atoms with E-state index in [2.05, 4.69) is 10.4 Å². The Kier molecular flexibility index (Phi) is 6.13. The number of thiophene rings is 1. The molecule has 0 aliphatic rings. The Morgan fingerprint density at radius 3 is 2.50 bits per heavy atom. The highest BCUT2D eigenvalue weighted by atomic mass is 32.1. The zero-order valence-corrected chi connectivity index (χ0v) is 16.4. The lowest BCUT2D eigenvalue weighted by atomic mass is 10.1. The van der Waals surface area contributed by atoms with E-state index in [1.54, 1.807) is 13.8 Å². The second-order valence-electron chi connectivity index (χ2n) is 6.18. The maximum atomic E-state index is 12.6. The van der Waals surface area contributed by atoms with Gasteiger partial charge >= 0.3 is 11.7 Å². The third-order valence-electron chi connectivity index (χ3n) is 3.73. The topological polar surface area (TPSA) is 159 Å². The summed E-state index contributed by atoms with van der Waals surface area (Å²) in [4.78, 5) is 46.9. The molecule has 0 bridgehead atoms. The van der Waals surface area contributed by atoms with Crippen molar-refractivity contribution in [3.63, 3.8) is 0 Å². The lowest BCUT2D eigenvalue weighted by Gasteiger charge is -2.13. The molecule has 2 aromatic heterocycles. The Hall–Kier alpha value is -3.28. The number of esters is 1. The van der Waals surface area contributed by atoms with E-state index in [1.165, 1.54) is 13.8 Å². The number of aromatic nitrogens is 2. The molecule has 0 saturated heterocycles. The van der Waals surface area contributed by atoms with Crippen molar-refractivity contribution in [2.24, 2.45) is 5.73 Å². The van der Waals surface area contributed by atoms with Crippen LogP contribution in [0.5, 0.6) is 0 Å². The summed E-state index contributed by atoms with van der Waals surface area (Å²) in [6.07, 6.45) is 1.73. The van der Waals surface area contributed by atoms with E-state index in [0.29, 0.717) is 5.56 Å². The Bertz CT molecular complexity index is 947. The molecule has 0 saturated carbocycles. The van der Waals surface area contributed by atoms with Crippen molar-refractivity contribution in [2.75, 3.05) is 5.32 Å². The van der Waals surface area contributed by atoms with Crippen LogP contribution in [-0.4, -0.2) is 38.6 Å². The van der Waals surface area contributed by atoms with E-state index in [9.17, 15) is 24.5 Å². The van der Waals surface area contributed by atoms with Crippen LogP contribution in [0.15, 0.2) is 12.4 Å². The number of nitrogens with two attached hydrogens (primary N) is 1. The summed E-state index contributed by atoms with van der Waals surface area (Å²) < 4.78 is 6.30. The first-order valence-corrected chi connectivity index (χ1v) is 8.98. The minimum Gasteiger partial charge on any atom is -0.459 e. The zero-order valence-electron chi connectivity index (χ0n) is 15.6. The van der Waals surface area contributed by atoms with Gasteiger partial charge in [-0.25, -0.2) is 4.79 Å². The smallest absolute Gasteiger partial charge is 0.341 e. The van der Waals surface area contributed by atoms with Crippen molar-refractivity contribution in [2.45, 2.75) is 39.8 Å². The van der Waals surface area contributed by atoms with Gasteiger partial charge in [-0.2, -0.15) is 5.10 Å². The van der Waals surface area contributed by atoms with Crippen molar-refractivity contribution in [1.82, 2.24) is 9.78 Å². The van der Waals surface area contributed by atoms with Crippen LogP contribution >= 0.6 is 11.3 Å².